The van der Waals surface area contributed by atoms with E-state index in [1.165, 1.54) is 6.07 Å². The SMILES string of the molecule is CC(C(=O)NC1CC1)N1CCN(c2ccc([N+](=O)[O-])c(-c3ccccc3)n2)CC1. The lowest BCUT2D eigenvalue weighted by atomic mass is 10.1. The van der Waals surface area contributed by atoms with Gasteiger partial charge in [0.1, 0.15) is 5.82 Å². The molecule has 8 nitrogen and oxygen atoms in total. The highest BCUT2D eigenvalue weighted by Crippen LogP contribution is 2.30. The molecule has 0 bridgehead atoms. The Bertz CT molecular complexity index is 892. The summed E-state index contributed by atoms with van der Waals surface area (Å²) >= 11 is 0. The average molecular weight is 395 g/mol. The standard InChI is InChI=1S/C21H25N5O3/c1-15(21(27)22-17-7-8-17)24-11-13-25(14-12-24)19-10-9-18(26(28)29)20(23-19)16-5-3-2-4-6-16/h2-6,9-10,15,17H,7-8,11-14H2,1H3,(H,22,27). The predicted molar refractivity (Wildman–Crippen MR) is 111 cm³/mol. The summed E-state index contributed by atoms with van der Waals surface area (Å²) in [6, 6.07) is 12.7. The molecule has 29 heavy (non-hydrogen) atoms. The zero-order valence-corrected chi connectivity index (χ0v) is 16.5. The van der Waals surface area contributed by atoms with Crippen LogP contribution < -0.4 is 10.2 Å². The normalized spacial score (nSPS) is 18.3. The fourth-order valence-electron chi connectivity index (χ4n) is 3.63. The molecule has 1 saturated heterocycles. The first-order valence-electron chi connectivity index (χ1n) is 10.0. The number of pyridine rings is 1. The minimum atomic E-state index is -0.392. The van der Waals surface area contributed by atoms with Gasteiger partial charge in [0.15, 0.2) is 5.69 Å². The van der Waals surface area contributed by atoms with Crippen molar-refractivity contribution in [2.45, 2.75) is 31.8 Å². The zero-order valence-electron chi connectivity index (χ0n) is 16.5. The Kier molecular flexibility index (Phi) is 5.44. The van der Waals surface area contributed by atoms with Crippen molar-refractivity contribution in [2.75, 3.05) is 31.1 Å². The second-order valence-electron chi connectivity index (χ2n) is 7.64. The van der Waals surface area contributed by atoms with Crippen LogP contribution in [0.1, 0.15) is 19.8 Å². The van der Waals surface area contributed by atoms with Gasteiger partial charge in [0, 0.05) is 43.9 Å². The second kappa shape index (κ2) is 8.16. The van der Waals surface area contributed by atoms with E-state index in [2.05, 4.69) is 20.1 Å². The van der Waals surface area contributed by atoms with Gasteiger partial charge in [0.2, 0.25) is 5.91 Å². The Balaban J connectivity index is 1.47. The van der Waals surface area contributed by atoms with Crippen molar-refractivity contribution in [2.24, 2.45) is 0 Å². The molecule has 1 aromatic heterocycles. The van der Waals surface area contributed by atoms with E-state index in [0.717, 1.165) is 50.4 Å². The highest BCUT2D eigenvalue weighted by Gasteiger charge is 2.30. The monoisotopic (exact) mass is 395 g/mol. The summed E-state index contributed by atoms with van der Waals surface area (Å²) in [4.78, 5) is 32.3. The van der Waals surface area contributed by atoms with Gasteiger partial charge in [-0.2, -0.15) is 0 Å². The maximum absolute atomic E-state index is 12.3. The minimum absolute atomic E-state index is 0.00366. The van der Waals surface area contributed by atoms with Crippen molar-refractivity contribution < 1.29 is 9.72 Å². The molecule has 2 heterocycles. The van der Waals surface area contributed by atoms with Gasteiger partial charge >= 0.3 is 0 Å². The maximum atomic E-state index is 12.3. The maximum Gasteiger partial charge on any atom is 0.295 e. The molecule has 1 saturated carbocycles. The highest BCUT2D eigenvalue weighted by molar-refractivity contribution is 5.82. The smallest absolute Gasteiger partial charge is 0.295 e. The van der Waals surface area contributed by atoms with E-state index in [9.17, 15) is 14.9 Å². The Morgan fingerprint density at radius 2 is 1.83 bits per heavy atom. The molecule has 4 rings (SSSR count). The Morgan fingerprint density at radius 3 is 2.45 bits per heavy atom. The van der Waals surface area contributed by atoms with Crippen molar-refractivity contribution in [1.82, 2.24) is 15.2 Å². The third kappa shape index (κ3) is 4.37. The number of piperazine rings is 1. The topological polar surface area (TPSA) is 91.6 Å². The summed E-state index contributed by atoms with van der Waals surface area (Å²) < 4.78 is 0. The largest absolute Gasteiger partial charge is 0.354 e. The van der Waals surface area contributed by atoms with Crippen LogP contribution in [0.25, 0.3) is 11.3 Å². The van der Waals surface area contributed by atoms with Gasteiger partial charge in [0.05, 0.1) is 11.0 Å². The van der Waals surface area contributed by atoms with Crippen LogP contribution in [0.5, 0.6) is 0 Å². The number of anilines is 1. The molecule has 1 aliphatic heterocycles. The molecule has 2 aliphatic rings. The number of carbonyl (C=O) groups is 1. The summed E-state index contributed by atoms with van der Waals surface area (Å²) in [5.74, 6) is 0.824. The molecule has 152 valence electrons. The number of benzene rings is 1. The first-order chi connectivity index (χ1) is 14.0. The van der Waals surface area contributed by atoms with Gasteiger partial charge in [-0.3, -0.25) is 19.8 Å². The fourth-order valence-corrected chi connectivity index (χ4v) is 3.63. The second-order valence-corrected chi connectivity index (χ2v) is 7.64. The molecule has 1 aromatic carbocycles. The van der Waals surface area contributed by atoms with Crippen molar-refractivity contribution in [3.8, 4) is 11.3 Å². The molecule has 1 unspecified atom stereocenters. The number of aromatic nitrogens is 1. The molecular weight excluding hydrogens is 370 g/mol. The Hall–Kier alpha value is -3.00. The zero-order chi connectivity index (χ0) is 20.4. The van der Waals surface area contributed by atoms with Gasteiger partial charge in [0.25, 0.3) is 5.69 Å². The molecule has 1 atom stereocenters. The third-order valence-electron chi connectivity index (χ3n) is 5.59. The molecule has 1 amide bonds. The molecule has 1 N–H and O–H groups in total. The molecule has 2 fully saturated rings. The quantitative estimate of drug-likeness (QED) is 0.597. The van der Waals surface area contributed by atoms with Crippen LogP contribution in [0, 0.1) is 10.1 Å². The van der Waals surface area contributed by atoms with E-state index in [0.29, 0.717) is 11.7 Å². The fraction of sp³-hybridized carbons (Fsp3) is 0.429. The summed E-state index contributed by atoms with van der Waals surface area (Å²) in [6.07, 6.45) is 2.17. The van der Waals surface area contributed by atoms with Crippen LogP contribution in [0.4, 0.5) is 11.5 Å². The van der Waals surface area contributed by atoms with Crippen LogP contribution >= 0.6 is 0 Å². The number of amides is 1. The molecule has 8 heteroatoms. The van der Waals surface area contributed by atoms with E-state index >= 15 is 0 Å². The molecule has 1 aliphatic carbocycles. The number of nitrogens with zero attached hydrogens (tertiary/aromatic N) is 4. The highest BCUT2D eigenvalue weighted by atomic mass is 16.6. The number of rotatable bonds is 6. The van der Waals surface area contributed by atoms with Gasteiger partial charge in [-0.1, -0.05) is 30.3 Å². The number of hydrogen-bond acceptors (Lipinski definition) is 6. The van der Waals surface area contributed by atoms with Crippen LogP contribution in [0.3, 0.4) is 0 Å². The lowest BCUT2D eigenvalue weighted by molar-refractivity contribution is -0.384. The van der Waals surface area contributed by atoms with E-state index in [1.807, 2.05) is 37.3 Å². The number of nitro groups is 1. The Labute approximate surface area is 169 Å². The summed E-state index contributed by atoms with van der Waals surface area (Å²) in [6.45, 7) is 4.89. The van der Waals surface area contributed by atoms with Crippen molar-refractivity contribution >= 4 is 17.4 Å². The van der Waals surface area contributed by atoms with Gasteiger partial charge < -0.3 is 10.2 Å². The van der Waals surface area contributed by atoms with Crippen molar-refractivity contribution in [3.05, 3.63) is 52.6 Å². The van der Waals surface area contributed by atoms with Crippen molar-refractivity contribution in [1.29, 1.82) is 0 Å². The predicted octanol–water partition coefficient (Wildman–Crippen LogP) is 2.45. The molecule has 0 spiro atoms. The third-order valence-corrected chi connectivity index (χ3v) is 5.59. The van der Waals surface area contributed by atoms with E-state index in [4.69, 9.17) is 0 Å². The first-order valence-corrected chi connectivity index (χ1v) is 10.0. The summed E-state index contributed by atoms with van der Waals surface area (Å²) in [5, 5.41) is 14.5. The van der Waals surface area contributed by atoms with Gasteiger partial charge in [-0.05, 0) is 25.8 Å². The van der Waals surface area contributed by atoms with Crippen LogP contribution in [-0.4, -0.2) is 59.0 Å². The van der Waals surface area contributed by atoms with Crippen LogP contribution in [0.2, 0.25) is 0 Å². The summed E-state index contributed by atoms with van der Waals surface area (Å²) in [5.41, 5.74) is 1.11. The number of nitrogens with one attached hydrogen (secondary N) is 1. The van der Waals surface area contributed by atoms with E-state index in [-0.39, 0.29) is 17.6 Å². The molecule has 0 radical (unpaired) electrons. The summed E-state index contributed by atoms with van der Waals surface area (Å²) in [7, 11) is 0. The van der Waals surface area contributed by atoms with Crippen LogP contribution in [-0.2, 0) is 4.79 Å². The molecule has 2 aromatic rings. The van der Waals surface area contributed by atoms with Gasteiger partial charge in [-0.25, -0.2) is 4.98 Å². The van der Waals surface area contributed by atoms with E-state index in [1.54, 1.807) is 6.07 Å². The number of hydrogen-bond donors (Lipinski definition) is 1. The molecular formula is C21H25N5O3. The Morgan fingerprint density at radius 1 is 1.14 bits per heavy atom. The average Bonchev–Trinajstić information content (AvgIpc) is 3.57. The van der Waals surface area contributed by atoms with Gasteiger partial charge in [-0.15, -0.1) is 0 Å². The van der Waals surface area contributed by atoms with Crippen molar-refractivity contribution in [3.63, 3.8) is 0 Å². The minimum Gasteiger partial charge on any atom is -0.354 e. The first kappa shape index (κ1) is 19.3. The lowest BCUT2D eigenvalue weighted by Crippen LogP contribution is -2.54. The number of carbonyl (C=O) groups excluding carboxylic acids is 1. The van der Waals surface area contributed by atoms with Crippen LogP contribution in [0.15, 0.2) is 42.5 Å². The lowest BCUT2D eigenvalue weighted by Gasteiger charge is -2.38. The van der Waals surface area contributed by atoms with E-state index < -0.39 is 4.92 Å².